The number of nitrogens with zero attached hydrogens (tertiary/aromatic N) is 3. The third kappa shape index (κ3) is 3.16. The van der Waals surface area contributed by atoms with E-state index in [9.17, 15) is 4.79 Å². The van der Waals surface area contributed by atoms with Crippen LogP contribution >= 0.6 is 0 Å². The van der Waals surface area contributed by atoms with Crippen LogP contribution in [0.15, 0.2) is 16.9 Å². The van der Waals surface area contributed by atoms with E-state index in [-0.39, 0.29) is 18.1 Å². The average molecular weight is 331 g/mol. The summed E-state index contributed by atoms with van der Waals surface area (Å²) in [6.07, 6.45) is 7.39. The van der Waals surface area contributed by atoms with Gasteiger partial charge in [-0.3, -0.25) is 0 Å². The molecule has 2 aromatic heterocycles. The first-order valence-corrected chi connectivity index (χ1v) is 8.61. The highest BCUT2D eigenvalue weighted by molar-refractivity contribution is 5.75. The minimum atomic E-state index is -0.0945. The number of carbonyl (C=O) groups is 1. The molecule has 0 radical (unpaired) electrons. The van der Waals surface area contributed by atoms with Gasteiger partial charge in [-0.25, -0.2) is 9.78 Å². The molecule has 0 unspecified atom stereocenters. The van der Waals surface area contributed by atoms with E-state index in [2.05, 4.69) is 27.4 Å². The average Bonchev–Trinajstić information content (AvgIpc) is 3.23. The molecule has 0 aromatic carbocycles. The lowest BCUT2D eigenvalue weighted by atomic mass is 10.0. The van der Waals surface area contributed by atoms with E-state index in [0.29, 0.717) is 0 Å². The minimum absolute atomic E-state index is 0.0101. The lowest BCUT2D eigenvalue weighted by molar-refractivity contribution is 0.144. The number of carbonyl (C=O) groups excluding carboxylic acids is 1. The zero-order chi connectivity index (χ0) is 17.1. The van der Waals surface area contributed by atoms with Crippen molar-refractivity contribution in [1.82, 2.24) is 25.3 Å². The molecule has 1 aliphatic rings. The van der Waals surface area contributed by atoms with Crippen molar-refractivity contribution in [2.24, 2.45) is 0 Å². The van der Waals surface area contributed by atoms with Crippen LogP contribution in [0, 0.1) is 13.8 Å². The summed E-state index contributed by atoms with van der Waals surface area (Å²) in [5.74, 6) is 1.62. The Balaban J connectivity index is 1.77. The van der Waals surface area contributed by atoms with Gasteiger partial charge in [-0.2, -0.15) is 0 Å². The molecule has 2 atom stereocenters. The summed E-state index contributed by atoms with van der Waals surface area (Å²) in [6, 6.07) is -0.137. The van der Waals surface area contributed by atoms with Crippen molar-refractivity contribution in [3.63, 3.8) is 0 Å². The number of piperidine rings is 1. The zero-order valence-electron chi connectivity index (χ0n) is 14.5. The number of urea groups is 1. The molecule has 24 heavy (non-hydrogen) atoms. The Morgan fingerprint density at radius 1 is 1.50 bits per heavy atom. The largest absolute Gasteiger partial charge is 0.361 e. The van der Waals surface area contributed by atoms with Gasteiger partial charge in [-0.05, 0) is 39.5 Å². The Labute approximate surface area is 141 Å². The molecule has 2 amide bonds. The van der Waals surface area contributed by atoms with Gasteiger partial charge in [0.05, 0.1) is 17.8 Å². The molecule has 7 heteroatoms. The number of nitrogens with one attached hydrogen (secondary N) is 2. The van der Waals surface area contributed by atoms with Crippen LogP contribution in [0.5, 0.6) is 0 Å². The predicted octanol–water partition coefficient (Wildman–Crippen LogP) is 3.40. The molecule has 1 aliphatic heterocycles. The first kappa shape index (κ1) is 16.5. The fraction of sp³-hybridized carbons (Fsp3) is 0.588. The van der Waals surface area contributed by atoms with Gasteiger partial charge in [0.1, 0.15) is 11.6 Å². The van der Waals surface area contributed by atoms with E-state index in [4.69, 9.17) is 4.52 Å². The Kier molecular flexibility index (Phi) is 4.87. The van der Waals surface area contributed by atoms with E-state index in [0.717, 1.165) is 55.1 Å². The van der Waals surface area contributed by atoms with Crippen LogP contribution in [0.2, 0.25) is 0 Å². The lowest BCUT2D eigenvalue weighted by Gasteiger charge is -2.35. The Morgan fingerprint density at radius 2 is 2.33 bits per heavy atom. The summed E-state index contributed by atoms with van der Waals surface area (Å²) in [6.45, 7) is 6.59. The molecular formula is C17H25N5O2. The van der Waals surface area contributed by atoms with E-state index < -0.39 is 0 Å². The molecule has 1 fully saturated rings. The molecule has 0 aliphatic carbocycles. The molecule has 1 saturated heterocycles. The monoisotopic (exact) mass is 331 g/mol. The van der Waals surface area contributed by atoms with Gasteiger partial charge in [-0.15, -0.1) is 0 Å². The fourth-order valence-electron chi connectivity index (χ4n) is 3.52. The van der Waals surface area contributed by atoms with Crippen molar-refractivity contribution < 1.29 is 9.32 Å². The summed E-state index contributed by atoms with van der Waals surface area (Å²) < 4.78 is 5.26. The SMILES string of the molecule is CC[C@@H](NC(=O)N1CCCC[C@H]1c1ncc[nH]1)c1c(C)noc1C. The molecule has 0 saturated carbocycles. The minimum Gasteiger partial charge on any atom is -0.361 e. The number of hydrogen-bond acceptors (Lipinski definition) is 4. The van der Waals surface area contributed by atoms with Crippen molar-refractivity contribution in [3.8, 4) is 0 Å². The molecule has 0 bridgehead atoms. The van der Waals surface area contributed by atoms with Crippen molar-refractivity contribution in [3.05, 3.63) is 35.2 Å². The number of imidazole rings is 1. The molecule has 3 rings (SSSR count). The lowest BCUT2D eigenvalue weighted by Crippen LogP contribution is -2.46. The van der Waals surface area contributed by atoms with Crippen molar-refractivity contribution in [1.29, 1.82) is 0 Å². The topological polar surface area (TPSA) is 87.0 Å². The van der Waals surface area contributed by atoms with Crippen LogP contribution in [-0.4, -0.2) is 32.6 Å². The van der Waals surface area contributed by atoms with Crippen molar-refractivity contribution in [2.45, 2.75) is 58.5 Å². The third-order valence-electron chi connectivity index (χ3n) is 4.74. The summed E-state index contributed by atoms with van der Waals surface area (Å²) >= 11 is 0. The molecule has 2 aromatic rings. The van der Waals surface area contributed by atoms with Gasteiger partial charge >= 0.3 is 6.03 Å². The van der Waals surface area contributed by atoms with Gasteiger partial charge in [0.2, 0.25) is 0 Å². The van der Waals surface area contributed by atoms with Crippen LogP contribution in [0.25, 0.3) is 0 Å². The van der Waals surface area contributed by atoms with Crippen LogP contribution in [0.1, 0.15) is 67.5 Å². The van der Waals surface area contributed by atoms with Gasteiger partial charge in [0, 0.05) is 24.5 Å². The summed E-state index contributed by atoms with van der Waals surface area (Å²) in [5, 5.41) is 7.16. The second kappa shape index (κ2) is 7.07. The highest BCUT2D eigenvalue weighted by Crippen LogP contribution is 2.30. The number of likely N-dealkylation sites (tertiary alicyclic amines) is 1. The van der Waals surface area contributed by atoms with E-state index in [1.807, 2.05) is 18.7 Å². The first-order valence-electron chi connectivity index (χ1n) is 8.61. The highest BCUT2D eigenvalue weighted by atomic mass is 16.5. The molecule has 3 heterocycles. The maximum absolute atomic E-state index is 12.9. The second-order valence-corrected chi connectivity index (χ2v) is 6.33. The van der Waals surface area contributed by atoms with E-state index >= 15 is 0 Å². The molecule has 7 nitrogen and oxygen atoms in total. The Bertz CT molecular complexity index is 660. The Hall–Kier alpha value is -2.31. The fourth-order valence-corrected chi connectivity index (χ4v) is 3.52. The maximum atomic E-state index is 12.9. The molecule has 130 valence electrons. The normalized spacial score (nSPS) is 19.3. The predicted molar refractivity (Wildman–Crippen MR) is 89.4 cm³/mol. The van der Waals surface area contributed by atoms with Gasteiger partial charge in [0.15, 0.2) is 0 Å². The second-order valence-electron chi connectivity index (χ2n) is 6.33. The molecular weight excluding hydrogens is 306 g/mol. The van der Waals surface area contributed by atoms with E-state index in [1.165, 1.54) is 0 Å². The van der Waals surface area contributed by atoms with Crippen molar-refractivity contribution >= 4 is 6.03 Å². The molecule has 0 spiro atoms. The third-order valence-corrected chi connectivity index (χ3v) is 4.74. The number of rotatable bonds is 4. The zero-order valence-corrected chi connectivity index (χ0v) is 14.5. The van der Waals surface area contributed by atoms with Gasteiger partial charge < -0.3 is 19.7 Å². The van der Waals surface area contributed by atoms with E-state index in [1.54, 1.807) is 12.4 Å². The number of amides is 2. The van der Waals surface area contributed by atoms with Gasteiger partial charge in [0.25, 0.3) is 0 Å². The summed E-state index contributed by atoms with van der Waals surface area (Å²) in [7, 11) is 0. The first-order chi connectivity index (χ1) is 11.6. The summed E-state index contributed by atoms with van der Waals surface area (Å²) in [5.41, 5.74) is 1.82. The quantitative estimate of drug-likeness (QED) is 0.899. The summed E-state index contributed by atoms with van der Waals surface area (Å²) in [4.78, 5) is 22.3. The standard InChI is InChI=1S/C17H25N5O2/c1-4-13(15-11(2)21-24-12(15)3)20-17(23)22-10-6-5-7-14(22)16-18-8-9-19-16/h8-9,13-14H,4-7,10H2,1-3H3,(H,18,19)(H,20,23)/t13-,14+/m1/s1. The smallest absolute Gasteiger partial charge is 0.318 e. The highest BCUT2D eigenvalue weighted by Gasteiger charge is 2.31. The Morgan fingerprint density at radius 3 is 2.96 bits per heavy atom. The molecule has 2 N–H and O–H groups in total. The number of aromatic nitrogens is 3. The maximum Gasteiger partial charge on any atom is 0.318 e. The van der Waals surface area contributed by atoms with Crippen LogP contribution in [0.3, 0.4) is 0 Å². The van der Waals surface area contributed by atoms with Crippen LogP contribution < -0.4 is 5.32 Å². The number of aromatic amines is 1. The van der Waals surface area contributed by atoms with Crippen LogP contribution in [-0.2, 0) is 0 Å². The van der Waals surface area contributed by atoms with Crippen molar-refractivity contribution in [2.75, 3.05) is 6.54 Å². The van der Waals surface area contributed by atoms with Gasteiger partial charge in [-0.1, -0.05) is 12.1 Å². The number of H-pyrrole nitrogens is 1. The number of hydrogen-bond donors (Lipinski definition) is 2. The van der Waals surface area contributed by atoms with Crippen LogP contribution in [0.4, 0.5) is 4.79 Å². The number of aryl methyl sites for hydroxylation is 2.